The van der Waals surface area contributed by atoms with Gasteiger partial charge in [-0.2, -0.15) is 10.1 Å². The molecule has 0 radical (unpaired) electrons. The number of imidazole rings is 1. The number of aromatic amines is 1. The summed E-state index contributed by atoms with van der Waals surface area (Å²) in [6, 6.07) is 3.29. The molecule has 98 valence electrons. The maximum atomic E-state index is 6.16. The van der Waals surface area contributed by atoms with Crippen LogP contribution in [0.3, 0.4) is 0 Å². The lowest BCUT2D eigenvalue weighted by Crippen LogP contribution is -2.12. The standard InChI is InChI=1S/C12H14N6O/c1-18-6-7(5-14-18)10(13)12-15-8-3-4-9(19-2)16-11(8)17-12/h3-6,10H,13H2,1-2H3,(H,15,16,17). The molecule has 3 N–H and O–H groups in total. The van der Waals surface area contributed by atoms with E-state index in [1.807, 2.05) is 19.3 Å². The molecule has 19 heavy (non-hydrogen) atoms. The van der Waals surface area contributed by atoms with Crippen molar-refractivity contribution in [1.82, 2.24) is 24.7 Å². The van der Waals surface area contributed by atoms with E-state index >= 15 is 0 Å². The summed E-state index contributed by atoms with van der Waals surface area (Å²) in [6.07, 6.45) is 3.59. The summed E-state index contributed by atoms with van der Waals surface area (Å²) in [4.78, 5) is 11.8. The van der Waals surface area contributed by atoms with Crippen molar-refractivity contribution in [2.45, 2.75) is 6.04 Å². The number of hydrogen-bond acceptors (Lipinski definition) is 5. The van der Waals surface area contributed by atoms with Crippen LogP contribution in [0, 0.1) is 0 Å². The molecule has 1 unspecified atom stereocenters. The number of aryl methyl sites for hydroxylation is 1. The highest BCUT2D eigenvalue weighted by Crippen LogP contribution is 2.20. The van der Waals surface area contributed by atoms with Gasteiger partial charge in [-0.3, -0.25) is 4.68 Å². The van der Waals surface area contributed by atoms with Gasteiger partial charge in [0.15, 0.2) is 5.65 Å². The van der Waals surface area contributed by atoms with Gasteiger partial charge in [0.25, 0.3) is 0 Å². The molecule has 3 heterocycles. The van der Waals surface area contributed by atoms with Crippen molar-refractivity contribution >= 4 is 11.2 Å². The molecule has 0 aliphatic heterocycles. The molecule has 3 rings (SSSR count). The molecular weight excluding hydrogens is 244 g/mol. The maximum Gasteiger partial charge on any atom is 0.215 e. The molecule has 7 nitrogen and oxygen atoms in total. The fraction of sp³-hybridized carbons (Fsp3) is 0.250. The molecule has 3 aromatic rings. The van der Waals surface area contributed by atoms with Crippen LogP contribution >= 0.6 is 0 Å². The SMILES string of the molecule is COc1ccc2[nH]c(C(N)c3cnn(C)c3)nc2n1. The van der Waals surface area contributed by atoms with Crippen LogP contribution in [-0.2, 0) is 7.05 Å². The molecule has 0 saturated heterocycles. The van der Waals surface area contributed by atoms with Gasteiger partial charge in [-0.25, -0.2) is 4.98 Å². The van der Waals surface area contributed by atoms with Gasteiger partial charge >= 0.3 is 0 Å². The lowest BCUT2D eigenvalue weighted by molar-refractivity contribution is 0.399. The normalized spacial score (nSPS) is 12.8. The van der Waals surface area contributed by atoms with E-state index in [0.29, 0.717) is 17.4 Å². The number of hydrogen-bond donors (Lipinski definition) is 2. The first kappa shape index (κ1) is 11.7. The van der Waals surface area contributed by atoms with Crippen LogP contribution in [0.5, 0.6) is 5.88 Å². The molecule has 0 aromatic carbocycles. The summed E-state index contributed by atoms with van der Waals surface area (Å²) in [7, 11) is 3.42. The highest BCUT2D eigenvalue weighted by Gasteiger charge is 2.15. The third-order valence-electron chi connectivity index (χ3n) is 2.93. The average molecular weight is 258 g/mol. The minimum Gasteiger partial charge on any atom is -0.481 e. The monoisotopic (exact) mass is 258 g/mol. The maximum absolute atomic E-state index is 6.16. The molecule has 0 spiro atoms. The number of aromatic nitrogens is 5. The van der Waals surface area contributed by atoms with Crippen LogP contribution in [0.25, 0.3) is 11.2 Å². The van der Waals surface area contributed by atoms with E-state index in [1.54, 1.807) is 24.1 Å². The van der Waals surface area contributed by atoms with Crippen LogP contribution < -0.4 is 10.5 Å². The van der Waals surface area contributed by atoms with Gasteiger partial charge in [-0.1, -0.05) is 0 Å². The zero-order valence-corrected chi connectivity index (χ0v) is 10.7. The summed E-state index contributed by atoms with van der Waals surface area (Å²) in [5.41, 5.74) is 8.47. The summed E-state index contributed by atoms with van der Waals surface area (Å²) < 4.78 is 6.78. The second-order valence-corrected chi connectivity index (χ2v) is 4.27. The second kappa shape index (κ2) is 4.36. The predicted molar refractivity (Wildman–Crippen MR) is 69.7 cm³/mol. The van der Waals surface area contributed by atoms with E-state index in [1.165, 1.54) is 0 Å². The second-order valence-electron chi connectivity index (χ2n) is 4.27. The lowest BCUT2D eigenvalue weighted by Gasteiger charge is -2.04. The fourth-order valence-corrected chi connectivity index (χ4v) is 1.91. The van der Waals surface area contributed by atoms with E-state index in [9.17, 15) is 0 Å². The van der Waals surface area contributed by atoms with Gasteiger partial charge in [0.2, 0.25) is 5.88 Å². The Bertz CT molecular complexity index is 716. The average Bonchev–Trinajstić information content (AvgIpc) is 3.02. The van der Waals surface area contributed by atoms with E-state index in [0.717, 1.165) is 11.1 Å². The Morgan fingerprint density at radius 2 is 2.21 bits per heavy atom. The van der Waals surface area contributed by atoms with Gasteiger partial charge in [0.05, 0.1) is 24.9 Å². The molecule has 0 aliphatic carbocycles. The Morgan fingerprint density at radius 1 is 1.37 bits per heavy atom. The molecule has 3 aromatic heterocycles. The van der Waals surface area contributed by atoms with Gasteiger partial charge in [-0.05, 0) is 6.07 Å². The Hall–Kier alpha value is -2.41. The number of rotatable bonds is 3. The van der Waals surface area contributed by atoms with Crippen molar-refractivity contribution in [3.63, 3.8) is 0 Å². The first-order valence-corrected chi connectivity index (χ1v) is 5.82. The predicted octanol–water partition coefficient (Wildman–Crippen LogP) is 0.748. The number of methoxy groups -OCH3 is 1. The van der Waals surface area contributed by atoms with Gasteiger partial charge < -0.3 is 15.5 Å². The number of pyridine rings is 1. The van der Waals surface area contributed by atoms with Gasteiger partial charge in [-0.15, -0.1) is 0 Å². The molecule has 0 saturated carbocycles. The molecule has 1 atom stereocenters. The Kier molecular flexibility index (Phi) is 2.68. The third kappa shape index (κ3) is 2.04. The van der Waals surface area contributed by atoms with E-state index in [2.05, 4.69) is 20.1 Å². The first-order valence-electron chi connectivity index (χ1n) is 5.82. The van der Waals surface area contributed by atoms with Crippen molar-refractivity contribution in [1.29, 1.82) is 0 Å². The molecule has 0 aliphatic rings. The summed E-state index contributed by atoms with van der Waals surface area (Å²) in [6.45, 7) is 0. The smallest absolute Gasteiger partial charge is 0.215 e. The first-order chi connectivity index (χ1) is 9.17. The largest absolute Gasteiger partial charge is 0.481 e. The summed E-state index contributed by atoms with van der Waals surface area (Å²) >= 11 is 0. The molecular formula is C12H14N6O. The van der Waals surface area contributed by atoms with Crippen LogP contribution in [-0.4, -0.2) is 31.8 Å². The molecule has 0 bridgehead atoms. The number of nitrogens with zero attached hydrogens (tertiary/aromatic N) is 4. The number of nitrogens with two attached hydrogens (primary N) is 1. The van der Waals surface area contributed by atoms with E-state index in [4.69, 9.17) is 10.5 Å². The Morgan fingerprint density at radius 3 is 2.89 bits per heavy atom. The van der Waals surface area contributed by atoms with Crippen LogP contribution in [0.1, 0.15) is 17.4 Å². The highest BCUT2D eigenvalue weighted by atomic mass is 16.5. The van der Waals surface area contributed by atoms with Crippen molar-refractivity contribution in [2.75, 3.05) is 7.11 Å². The minimum absolute atomic E-state index is 0.353. The molecule has 7 heteroatoms. The van der Waals surface area contributed by atoms with Crippen molar-refractivity contribution < 1.29 is 4.74 Å². The molecule has 0 amide bonds. The number of fused-ring (bicyclic) bond motifs is 1. The zero-order chi connectivity index (χ0) is 13.4. The fourth-order valence-electron chi connectivity index (χ4n) is 1.91. The van der Waals surface area contributed by atoms with Gasteiger partial charge in [0, 0.05) is 24.9 Å². The third-order valence-corrected chi connectivity index (χ3v) is 2.93. The van der Waals surface area contributed by atoms with E-state index in [-0.39, 0.29) is 6.04 Å². The van der Waals surface area contributed by atoms with Crippen LogP contribution in [0.15, 0.2) is 24.5 Å². The Balaban J connectivity index is 2.00. The lowest BCUT2D eigenvalue weighted by atomic mass is 10.2. The number of H-pyrrole nitrogens is 1. The topological polar surface area (TPSA) is 94.6 Å². The zero-order valence-electron chi connectivity index (χ0n) is 10.7. The highest BCUT2D eigenvalue weighted by molar-refractivity contribution is 5.71. The van der Waals surface area contributed by atoms with Gasteiger partial charge in [0.1, 0.15) is 5.82 Å². The van der Waals surface area contributed by atoms with Crippen LogP contribution in [0.2, 0.25) is 0 Å². The number of nitrogens with one attached hydrogen (secondary N) is 1. The number of ether oxygens (including phenoxy) is 1. The summed E-state index contributed by atoms with van der Waals surface area (Å²) in [5.74, 6) is 1.18. The van der Waals surface area contributed by atoms with Crippen molar-refractivity contribution in [2.24, 2.45) is 12.8 Å². The van der Waals surface area contributed by atoms with Crippen molar-refractivity contribution in [3.8, 4) is 5.88 Å². The quantitative estimate of drug-likeness (QED) is 0.722. The van der Waals surface area contributed by atoms with E-state index < -0.39 is 0 Å². The molecule has 0 fully saturated rings. The summed E-state index contributed by atoms with van der Waals surface area (Å²) in [5, 5.41) is 4.10. The minimum atomic E-state index is -0.353. The Labute approximate surface area is 109 Å². The van der Waals surface area contributed by atoms with Crippen LogP contribution in [0.4, 0.5) is 0 Å². The van der Waals surface area contributed by atoms with Crippen molar-refractivity contribution in [3.05, 3.63) is 35.9 Å².